The molecule has 2 aromatic carbocycles. The average molecular weight is 387 g/mol. The first kappa shape index (κ1) is 18.5. The summed E-state index contributed by atoms with van der Waals surface area (Å²) in [7, 11) is 1.93. The number of halogens is 1. The highest BCUT2D eigenvalue weighted by Crippen LogP contribution is 2.18. The van der Waals surface area contributed by atoms with Gasteiger partial charge in [-0.3, -0.25) is 4.79 Å². The fourth-order valence-corrected chi connectivity index (χ4v) is 3.40. The summed E-state index contributed by atoms with van der Waals surface area (Å²) >= 11 is 7.29. The molecular formula is C19H19ClN4OS. The van der Waals surface area contributed by atoms with Crippen molar-refractivity contribution in [3.05, 3.63) is 71.0 Å². The highest BCUT2D eigenvalue weighted by atomic mass is 35.5. The second-order valence-corrected chi connectivity index (χ2v) is 7.17. The van der Waals surface area contributed by atoms with Gasteiger partial charge >= 0.3 is 0 Å². The van der Waals surface area contributed by atoms with Crippen molar-refractivity contribution in [2.75, 3.05) is 11.1 Å². The smallest absolute Gasteiger partial charge is 0.234 e. The van der Waals surface area contributed by atoms with Gasteiger partial charge in [-0.05, 0) is 30.2 Å². The summed E-state index contributed by atoms with van der Waals surface area (Å²) in [6.07, 6.45) is 1.72. The van der Waals surface area contributed by atoms with Crippen molar-refractivity contribution in [2.45, 2.75) is 18.0 Å². The van der Waals surface area contributed by atoms with E-state index in [9.17, 15) is 4.79 Å². The van der Waals surface area contributed by atoms with Crippen LogP contribution in [0.3, 0.4) is 0 Å². The van der Waals surface area contributed by atoms with E-state index in [0.717, 1.165) is 23.8 Å². The van der Waals surface area contributed by atoms with Crippen molar-refractivity contribution in [1.29, 1.82) is 0 Å². The molecule has 5 nitrogen and oxygen atoms in total. The van der Waals surface area contributed by atoms with Crippen LogP contribution in [0.2, 0.25) is 5.02 Å². The number of rotatable bonds is 7. The van der Waals surface area contributed by atoms with Gasteiger partial charge in [-0.25, -0.2) is 0 Å². The van der Waals surface area contributed by atoms with Gasteiger partial charge in [0.1, 0.15) is 5.82 Å². The normalized spacial score (nSPS) is 10.7. The lowest BCUT2D eigenvalue weighted by Gasteiger charge is -2.06. The second kappa shape index (κ2) is 8.87. The molecule has 3 rings (SSSR count). The molecular weight excluding hydrogens is 368 g/mol. The lowest BCUT2D eigenvalue weighted by Crippen LogP contribution is -2.14. The largest absolute Gasteiger partial charge is 0.325 e. The molecule has 1 aromatic heterocycles. The van der Waals surface area contributed by atoms with Gasteiger partial charge in [0.15, 0.2) is 5.16 Å². The van der Waals surface area contributed by atoms with E-state index in [-0.39, 0.29) is 11.7 Å². The van der Waals surface area contributed by atoms with Crippen LogP contribution >= 0.6 is 23.4 Å². The number of nitrogens with zero attached hydrogens (tertiary/aromatic N) is 3. The first-order valence-electron chi connectivity index (χ1n) is 8.22. The number of aromatic nitrogens is 3. The number of carbonyl (C=O) groups excluding carboxylic acids is 1. The minimum Gasteiger partial charge on any atom is -0.325 e. The first-order valence-corrected chi connectivity index (χ1v) is 9.58. The van der Waals surface area contributed by atoms with E-state index >= 15 is 0 Å². The lowest BCUT2D eigenvalue weighted by atomic mass is 10.1. The van der Waals surface area contributed by atoms with Crippen LogP contribution in [0.5, 0.6) is 0 Å². The minimum atomic E-state index is -0.105. The van der Waals surface area contributed by atoms with Gasteiger partial charge in [0.25, 0.3) is 0 Å². The number of aryl methyl sites for hydroxylation is 2. The van der Waals surface area contributed by atoms with Crippen molar-refractivity contribution in [1.82, 2.24) is 14.8 Å². The van der Waals surface area contributed by atoms with E-state index in [1.165, 1.54) is 17.3 Å². The molecule has 3 aromatic rings. The monoisotopic (exact) mass is 386 g/mol. The van der Waals surface area contributed by atoms with E-state index < -0.39 is 0 Å². The first-order chi connectivity index (χ1) is 12.6. The maximum atomic E-state index is 12.1. The van der Waals surface area contributed by atoms with Crippen molar-refractivity contribution >= 4 is 35.0 Å². The number of amides is 1. The third kappa shape index (κ3) is 5.09. The molecule has 1 N–H and O–H groups in total. The molecule has 0 bridgehead atoms. The molecule has 0 saturated carbocycles. The highest BCUT2D eigenvalue weighted by molar-refractivity contribution is 7.99. The zero-order valence-electron chi connectivity index (χ0n) is 14.4. The molecule has 0 fully saturated rings. The predicted octanol–water partition coefficient (Wildman–Crippen LogP) is 3.98. The van der Waals surface area contributed by atoms with Crippen molar-refractivity contribution in [3.8, 4) is 0 Å². The number of thioether (sulfide) groups is 1. The fraction of sp³-hybridized carbons (Fsp3) is 0.211. The summed E-state index contributed by atoms with van der Waals surface area (Å²) in [5, 5.41) is 12.6. The Labute approximate surface area is 161 Å². The van der Waals surface area contributed by atoms with Crippen LogP contribution in [0, 0.1) is 0 Å². The summed E-state index contributed by atoms with van der Waals surface area (Å²) < 4.78 is 1.94. The number of nitrogens with one attached hydrogen (secondary N) is 1. The van der Waals surface area contributed by atoms with Gasteiger partial charge < -0.3 is 9.88 Å². The van der Waals surface area contributed by atoms with Gasteiger partial charge in [0.2, 0.25) is 5.91 Å². The maximum absolute atomic E-state index is 12.1. The molecule has 1 amide bonds. The molecule has 0 saturated heterocycles. The molecule has 0 aliphatic carbocycles. The van der Waals surface area contributed by atoms with Gasteiger partial charge in [-0.2, -0.15) is 0 Å². The fourth-order valence-electron chi connectivity index (χ4n) is 2.48. The van der Waals surface area contributed by atoms with Gasteiger partial charge in [-0.1, -0.05) is 59.8 Å². The van der Waals surface area contributed by atoms with Crippen molar-refractivity contribution in [3.63, 3.8) is 0 Å². The summed E-state index contributed by atoms with van der Waals surface area (Å²) in [5.74, 6) is 1.06. The molecule has 7 heteroatoms. The molecule has 0 radical (unpaired) electrons. The Balaban J connectivity index is 1.52. The van der Waals surface area contributed by atoms with Crippen LogP contribution in [0.25, 0.3) is 0 Å². The molecule has 0 aliphatic heterocycles. The van der Waals surface area contributed by atoms with E-state index in [1.807, 2.05) is 29.8 Å². The Kier molecular flexibility index (Phi) is 6.30. The summed E-state index contributed by atoms with van der Waals surface area (Å²) in [5.41, 5.74) is 1.95. The lowest BCUT2D eigenvalue weighted by molar-refractivity contribution is -0.113. The van der Waals surface area contributed by atoms with Crippen LogP contribution < -0.4 is 5.32 Å². The van der Waals surface area contributed by atoms with Crippen LogP contribution in [0.4, 0.5) is 5.69 Å². The third-order valence-electron chi connectivity index (χ3n) is 3.85. The maximum Gasteiger partial charge on any atom is 0.234 e. The van der Waals surface area contributed by atoms with Gasteiger partial charge in [0.05, 0.1) is 5.75 Å². The Morgan fingerprint density at radius 3 is 2.69 bits per heavy atom. The molecule has 134 valence electrons. The Bertz CT molecular complexity index is 882. The van der Waals surface area contributed by atoms with Crippen molar-refractivity contribution in [2.24, 2.45) is 7.05 Å². The standard InChI is InChI=1S/C19H19ClN4OS/c1-24-17(11-10-14-6-3-2-4-7-14)22-23-19(24)26-13-18(25)21-16-9-5-8-15(20)12-16/h2-9,12H,10-11,13H2,1H3,(H,21,25). The number of anilines is 1. The van der Waals surface area contributed by atoms with E-state index in [0.29, 0.717) is 10.7 Å². The summed E-state index contributed by atoms with van der Waals surface area (Å²) in [4.78, 5) is 12.1. The second-order valence-electron chi connectivity index (χ2n) is 5.79. The predicted molar refractivity (Wildman–Crippen MR) is 106 cm³/mol. The summed E-state index contributed by atoms with van der Waals surface area (Å²) in [6, 6.07) is 17.4. The minimum absolute atomic E-state index is 0.105. The van der Waals surface area contributed by atoms with Crippen LogP contribution in [-0.2, 0) is 24.7 Å². The zero-order chi connectivity index (χ0) is 18.4. The highest BCUT2D eigenvalue weighted by Gasteiger charge is 2.12. The Morgan fingerprint density at radius 1 is 1.12 bits per heavy atom. The Morgan fingerprint density at radius 2 is 1.92 bits per heavy atom. The van der Waals surface area contributed by atoms with Crippen LogP contribution in [-0.4, -0.2) is 26.4 Å². The molecule has 0 atom stereocenters. The molecule has 0 spiro atoms. The average Bonchev–Trinajstić information content (AvgIpc) is 2.99. The van der Waals surface area contributed by atoms with Gasteiger partial charge in [0, 0.05) is 24.2 Å². The number of carbonyl (C=O) groups is 1. The van der Waals surface area contributed by atoms with E-state index in [4.69, 9.17) is 11.6 Å². The topological polar surface area (TPSA) is 59.8 Å². The van der Waals surface area contributed by atoms with E-state index in [2.05, 4.69) is 27.6 Å². The quantitative estimate of drug-likeness (QED) is 0.624. The molecule has 26 heavy (non-hydrogen) atoms. The van der Waals surface area contributed by atoms with E-state index in [1.54, 1.807) is 24.3 Å². The van der Waals surface area contributed by atoms with Crippen molar-refractivity contribution < 1.29 is 4.79 Å². The number of benzene rings is 2. The molecule has 1 heterocycles. The molecule has 0 unspecified atom stereocenters. The zero-order valence-corrected chi connectivity index (χ0v) is 15.9. The number of hydrogen-bond acceptors (Lipinski definition) is 4. The van der Waals surface area contributed by atoms with Crippen LogP contribution in [0.1, 0.15) is 11.4 Å². The summed E-state index contributed by atoms with van der Waals surface area (Å²) in [6.45, 7) is 0. The Hall–Kier alpha value is -2.31. The SMILES string of the molecule is Cn1c(CCc2ccccc2)nnc1SCC(=O)Nc1cccc(Cl)c1. The molecule has 0 aliphatic rings. The third-order valence-corrected chi connectivity index (χ3v) is 5.10. The van der Waals surface area contributed by atoms with Crippen LogP contribution in [0.15, 0.2) is 59.8 Å². The number of hydrogen-bond donors (Lipinski definition) is 1. The van der Waals surface area contributed by atoms with Gasteiger partial charge in [-0.15, -0.1) is 10.2 Å².